The van der Waals surface area contributed by atoms with Crippen molar-refractivity contribution in [1.29, 1.82) is 0 Å². The summed E-state index contributed by atoms with van der Waals surface area (Å²) in [5, 5.41) is 4.14. The lowest BCUT2D eigenvalue weighted by atomic mass is 10.2. The van der Waals surface area contributed by atoms with Crippen LogP contribution in [-0.2, 0) is 0 Å². The molecule has 1 aromatic heterocycles. The van der Waals surface area contributed by atoms with Crippen LogP contribution in [0.25, 0.3) is 10.1 Å². The van der Waals surface area contributed by atoms with Crippen LogP contribution in [-0.4, -0.2) is 5.91 Å². The Morgan fingerprint density at radius 3 is 2.67 bits per heavy atom. The summed E-state index contributed by atoms with van der Waals surface area (Å²) < 4.78 is 1.72. The smallest absolute Gasteiger partial charge is 0.267 e. The minimum atomic E-state index is -0.239. The summed E-state index contributed by atoms with van der Waals surface area (Å²) >= 11 is 10.9. The third-order valence-electron chi connectivity index (χ3n) is 3.03. The number of nitrogens with one attached hydrogen (secondary N) is 1. The standard InChI is InChI=1S/C15H10BrClN2OS/c16-8-4-1-2-6-10(8)19-15(20)14-13(18)12-9(17)5-3-7-11(12)21-14/h1-7H,18H2,(H,19,20). The second-order valence-corrected chi connectivity index (χ2v) is 6.71. The Bertz CT molecular complexity index is 847. The topological polar surface area (TPSA) is 55.1 Å². The number of carbonyl (C=O) groups is 1. The van der Waals surface area contributed by atoms with Crippen molar-refractivity contribution in [2.75, 3.05) is 11.1 Å². The Morgan fingerprint density at radius 2 is 1.95 bits per heavy atom. The van der Waals surface area contributed by atoms with E-state index in [1.54, 1.807) is 6.07 Å². The largest absolute Gasteiger partial charge is 0.397 e. The number of benzene rings is 2. The average Bonchev–Trinajstić information content (AvgIpc) is 2.80. The van der Waals surface area contributed by atoms with E-state index in [0.717, 1.165) is 14.6 Å². The molecule has 0 atom stereocenters. The van der Waals surface area contributed by atoms with E-state index in [1.165, 1.54) is 11.3 Å². The number of thiophene rings is 1. The van der Waals surface area contributed by atoms with Crippen molar-refractivity contribution in [3.63, 3.8) is 0 Å². The molecule has 0 aliphatic rings. The van der Waals surface area contributed by atoms with Gasteiger partial charge < -0.3 is 11.1 Å². The summed E-state index contributed by atoms with van der Waals surface area (Å²) in [6.45, 7) is 0. The molecule has 21 heavy (non-hydrogen) atoms. The van der Waals surface area contributed by atoms with Crippen LogP contribution in [0, 0.1) is 0 Å². The molecule has 0 fully saturated rings. The Balaban J connectivity index is 2.01. The zero-order valence-electron chi connectivity index (χ0n) is 10.7. The highest BCUT2D eigenvalue weighted by Gasteiger charge is 2.18. The monoisotopic (exact) mass is 380 g/mol. The van der Waals surface area contributed by atoms with Crippen molar-refractivity contribution in [3.8, 4) is 0 Å². The molecule has 0 aliphatic heterocycles. The lowest BCUT2D eigenvalue weighted by Crippen LogP contribution is -2.12. The summed E-state index contributed by atoms with van der Waals surface area (Å²) in [5.41, 5.74) is 7.21. The fourth-order valence-electron chi connectivity index (χ4n) is 2.04. The fourth-order valence-corrected chi connectivity index (χ4v) is 3.80. The first-order valence-electron chi connectivity index (χ1n) is 6.10. The first-order valence-corrected chi connectivity index (χ1v) is 8.09. The Kier molecular flexibility index (Phi) is 3.89. The normalized spacial score (nSPS) is 10.8. The zero-order valence-corrected chi connectivity index (χ0v) is 13.8. The molecule has 1 amide bonds. The van der Waals surface area contributed by atoms with E-state index < -0.39 is 0 Å². The van der Waals surface area contributed by atoms with E-state index in [9.17, 15) is 4.79 Å². The van der Waals surface area contributed by atoms with Gasteiger partial charge in [-0.2, -0.15) is 0 Å². The van der Waals surface area contributed by atoms with Gasteiger partial charge in [0.1, 0.15) is 4.88 Å². The molecule has 3 N–H and O–H groups in total. The van der Waals surface area contributed by atoms with E-state index in [0.29, 0.717) is 21.3 Å². The Labute approximate surface area is 138 Å². The first-order chi connectivity index (χ1) is 10.1. The summed E-state index contributed by atoms with van der Waals surface area (Å²) in [6, 6.07) is 12.9. The van der Waals surface area contributed by atoms with Crippen LogP contribution in [0.1, 0.15) is 9.67 Å². The number of amides is 1. The van der Waals surface area contributed by atoms with Gasteiger partial charge in [0.2, 0.25) is 0 Å². The van der Waals surface area contributed by atoms with E-state index >= 15 is 0 Å². The maximum atomic E-state index is 12.4. The SMILES string of the molecule is Nc1c(C(=O)Nc2ccccc2Br)sc2cccc(Cl)c12. The number of anilines is 2. The molecule has 3 rings (SSSR count). The molecule has 0 saturated heterocycles. The molecular formula is C15H10BrClN2OS. The van der Waals surface area contributed by atoms with Gasteiger partial charge in [0.25, 0.3) is 5.91 Å². The molecule has 0 aliphatic carbocycles. The molecule has 0 radical (unpaired) electrons. The van der Waals surface area contributed by atoms with Gasteiger partial charge in [-0.05, 0) is 40.2 Å². The zero-order chi connectivity index (χ0) is 15.0. The van der Waals surface area contributed by atoms with E-state index in [1.807, 2.05) is 36.4 Å². The van der Waals surface area contributed by atoms with Crippen molar-refractivity contribution < 1.29 is 4.79 Å². The predicted octanol–water partition coefficient (Wildman–Crippen LogP) is 5.15. The second kappa shape index (κ2) is 5.67. The van der Waals surface area contributed by atoms with E-state index in [4.69, 9.17) is 17.3 Å². The highest BCUT2D eigenvalue weighted by Crippen LogP contribution is 2.38. The van der Waals surface area contributed by atoms with Crippen molar-refractivity contribution >= 4 is 66.2 Å². The van der Waals surface area contributed by atoms with Crippen molar-refractivity contribution in [2.24, 2.45) is 0 Å². The number of hydrogen-bond donors (Lipinski definition) is 2. The molecule has 106 valence electrons. The van der Waals surface area contributed by atoms with Crippen molar-refractivity contribution in [2.45, 2.75) is 0 Å². The number of para-hydroxylation sites is 1. The van der Waals surface area contributed by atoms with Crippen LogP contribution in [0.4, 0.5) is 11.4 Å². The van der Waals surface area contributed by atoms with Crippen LogP contribution in [0.15, 0.2) is 46.9 Å². The van der Waals surface area contributed by atoms with E-state index in [2.05, 4.69) is 21.2 Å². The Hall–Kier alpha value is -1.56. The van der Waals surface area contributed by atoms with Crippen LogP contribution in [0.2, 0.25) is 5.02 Å². The molecule has 3 aromatic rings. The van der Waals surface area contributed by atoms with Gasteiger partial charge in [-0.15, -0.1) is 11.3 Å². The minimum absolute atomic E-state index is 0.239. The van der Waals surface area contributed by atoms with Crippen LogP contribution in [0.5, 0.6) is 0 Å². The maximum Gasteiger partial charge on any atom is 0.267 e. The van der Waals surface area contributed by atoms with Gasteiger partial charge in [0.15, 0.2) is 0 Å². The quantitative estimate of drug-likeness (QED) is 0.645. The number of fused-ring (bicyclic) bond motifs is 1. The highest BCUT2D eigenvalue weighted by atomic mass is 79.9. The molecule has 0 spiro atoms. The minimum Gasteiger partial charge on any atom is -0.397 e. The first kappa shape index (κ1) is 14.4. The summed E-state index contributed by atoms with van der Waals surface area (Å²) in [4.78, 5) is 12.9. The van der Waals surface area contributed by atoms with Crippen LogP contribution < -0.4 is 11.1 Å². The van der Waals surface area contributed by atoms with Crippen LogP contribution in [0.3, 0.4) is 0 Å². The van der Waals surface area contributed by atoms with Gasteiger partial charge in [0, 0.05) is 14.6 Å². The number of halogens is 2. The van der Waals surface area contributed by atoms with Gasteiger partial charge in [-0.25, -0.2) is 0 Å². The van der Waals surface area contributed by atoms with Gasteiger partial charge in [0.05, 0.1) is 16.4 Å². The van der Waals surface area contributed by atoms with Gasteiger partial charge in [-0.3, -0.25) is 4.79 Å². The van der Waals surface area contributed by atoms with Crippen molar-refractivity contribution in [1.82, 2.24) is 0 Å². The molecule has 2 aromatic carbocycles. The van der Waals surface area contributed by atoms with E-state index in [-0.39, 0.29) is 5.91 Å². The number of hydrogen-bond acceptors (Lipinski definition) is 3. The molecule has 3 nitrogen and oxygen atoms in total. The molecule has 1 heterocycles. The summed E-state index contributed by atoms with van der Waals surface area (Å²) in [7, 11) is 0. The number of rotatable bonds is 2. The van der Waals surface area contributed by atoms with Gasteiger partial charge >= 0.3 is 0 Å². The number of nitrogens with two attached hydrogens (primary N) is 1. The molecule has 0 unspecified atom stereocenters. The molecular weight excluding hydrogens is 372 g/mol. The third kappa shape index (κ3) is 2.64. The molecule has 0 saturated carbocycles. The molecule has 0 bridgehead atoms. The average molecular weight is 382 g/mol. The predicted molar refractivity (Wildman–Crippen MR) is 93.3 cm³/mol. The lowest BCUT2D eigenvalue weighted by Gasteiger charge is -2.06. The second-order valence-electron chi connectivity index (χ2n) is 4.39. The number of nitrogen functional groups attached to an aromatic ring is 1. The Morgan fingerprint density at radius 1 is 1.19 bits per heavy atom. The number of carbonyl (C=O) groups excluding carboxylic acids is 1. The molecule has 6 heteroatoms. The summed E-state index contributed by atoms with van der Waals surface area (Å²) in [6.07, 6.45) is 0. The van der Waals surface area contributed by atoms with Crippen LogP contribution >= 0.6 is 38.9 Å². The maximum absolute atomic E-state index is 12.4. The third-order valence-corrected chi connectivity index (χ3v) is 5.21. The van der Waals surface area contributed by atoms with Gasteiger partial charge in [-0.1, -0.05) is 29.8 Å². The van der Waals surface area contributed by atoms with Crippen molar-refractivity contribution in [3.05, 3.63) is 56.8 Å². The fraction of sp³-hybridized carbons (Fsp3) is 0. The lowest BCUT2D eigenvalue weighted by molar-refractivity contribution is 0.103. The summed E-state index contributed by atoms with van der Waals surface area (Å²) in [5.74, 6) is -0.239. The highest BCUT2D eigenvalue weighted by molar-refractivity contribution is 9.10.